The quantitative estimate of drug-likeness (QED) is 0.355. The molecule has 0 saturated heterocycles. The standard InChI is InChI=1S/C13H23O7P/c1-6-13(7-2,21(17,18)19)12(4,5)20-11(16)9(3)8-10(14)15/h3,6-8H2,1-2,4-5H3,(H,14,15)(H2,17,18,19). The summed E-state index contributed by atoms with van der Waals surface area (Å²) in [5.74, 6) is -2.20. The van der Waals surface area contributed by atoms with Gasteiger partial charge in [-0.3, -0.25) is 9.36 Å². The van der Waals surface area contributed by atoms with Gasteiger partial charge in [0, 0.05) is 5.57 Å². The number of esters is 1. The van der Waals surface area contributed by atoms with E-state index in [2.05, 4.69) is 6.58 Å². The molecule has 0 aromatic carbocycles. The third kappa shape index (κ3) is 4.15. The lowest BCUT2D eigenvalue weighted by Gasteiger charge is -2.44. The van der Waals surface area contributed by atoms with Crippen LogP contribution in [0.25, 0.3) is 0 Å². The number of hydrogen-bond donors (Lipinski definition) is 3. The van der Waals surface area contributed by atoms with Crippen molar-refractivity contribution in [2.45, 2.75) is 57.7 Å². The fourth-order valence-electron chi connectivity index (χ4n) is 2.52. The van der Waals surface area contributed by atoms with E-state index in [-0.39, 0.29) is 18.4 Å². The molecule has 21 heavy (non-hydrogen) atoms. The van der Waals surface area contributed by atoms with Crippen molar-refractivity contribution in [3.05, 3.63) is 12.2 Å². The van der Waals surface area contributed by atoms with Crippen molar-refractivity contribution in [1.29, 1.82) is 0 Å². The zero-order valence-corrected chi connectivity index (χ0v) is 13.6. The van der Waals surface area contributed by atoms with Gasteiger partial charge in [0.25, 0.3) is 0 Å². The van der Waals surface area contributed by atoms with Gasteiger partial charge in [0.15, 0.2) is 0 Å². The highest BCUT2D eigenvalue weighted by Crippen LogP contribution is 2.60. The van der Waals surface area contributed by atoms with E-state index in [0.29, 0.717) is 0 Å². The maximum atomic E-state index is 11.9. The molecular formula is C13H23O7P. The van der Waals surface area contributed by atoms with E-state index in [1.54, 1.807) is 13.8 Å². The molecule has 0 saturated carbocycles. The first-order chi connectivity index (χ1) is 9.34. The highest BCUT2D eigenvalue weighted by Gasteiger charge is 2.57. The molecule has 0 aliphatic rings. The molecule has 0 rings (SSSR count). The zero-order chi connectivity index (χ0) is 17.1. The lowest BCUT2D eigenvalue weighted by Crippen LogP contribution is -2.52. The maximum absolute atomic E-state index is 11.9. The summed E-state index contributed by atoms with van der Waals surface area (Å²) < 4.78 is 17.1. The van der Waals surface area contributed by atoms with E-state index in [1.165, 1.54) is 13.8 Å². The van der Waals surface area contributed by atoms with Crippen molar-refractivity contribution in [1.82, 2.24) is 0 Å². The predicted octanol–water partition coefficient (Wildman–Crippen LogP) is 2.08. The topological polar surface area (TPSA) is 121 Å². The molecular weight excluding hydrogens is 299 g/mol. The number of carboxylic acid groups (broad SMARTS) is 1. The number of carbonyl (C=O) groups is 2. The average Bonchev–Trinajstić information content (AvgIpc) is 2.26. The summed E-state index contributed by atoms with van der Waals surface area (Å²) in [5, 5.41) is 7.08. The van der Waals surface area contributed by atoms with Crippen LogP contribution in [0, 0.1) is 0 Å². The molecule has 3 N–H and O–H groups in total. The minimum Gasteiger partial charge on any atom is -0.481 e. The minimum absolute atomic E-state index is 0.0967. The molecule has 0 radical (unpaired) electrons. The van der Waals surface area contributed by atoms with Gasteiger partial charge in [0.2, 0.25) is 0 Å². The van der Waals surface area contributed by atoms with Crippen LogP contribution in [0.2, 0.25) is 0 Å². The number of hydrogen-bond acceptors (Lipinski definition) is 4. The Kier molecular flexibility index (Phi) is 6.35. The Hall–Kier alpha value is -1.17. The SMILES string of the molecule is C=C(CC(=O)O)C(=O)OC(C)(C)C(CC)(CC)P(=O)(O)O. The third-order valence-electron chi connectivity index (χ3n) is 3.85. The van der Waals surface area contributed by atoms with E-state index in [9.17, 15) is 23.9 Å². The van der Waals surface area contributed by atoms with Crippen LogP contribution in [-0.2, 0) is 18.9 Å². The molecule has 0 amide bonds. The zero-order valence-electron chi connectivity index (χ0n) is 12.8. The van der Waals surface area contributed by atoms with Gasteiger partial charge in [-0.1, -0.05) is 20.4 Å². The van der Waals surface area contributed by atoms with Crippen LogP contribution in [0.5, 0.6) is 0 Å². The summed E-state index contributed by atoms with van der Waals surface area (Å²) in [6, 6.07) is 0. The molecule has 8 heteroatoms. The molecule has 0 unspecified atom stereocenters. The lowest BCUT2D eigenvalue weighted by molar-refractivity contribution is -0.157. The molecule has 0 heterocycles. The normalized spacial score (nSPS) is 12.9. The second-order valence-corrected chi connectivity index (χ2v) is 7.30. The number of carbonyl (C=O) groups excluding carboxylic acids is 1. The van der Waals surface area contributed by atoms with Crippen molar-refractivity contribution in [2.24, 2.45) is 0 Å². The molecule has 7 nitrogen and oxygen atoms in total. The summed E-state index contributed by atoms with van der Waals surface area (Å²) in [7, 11) is -4.57. The largest absolute Gasteiger partial charge is 0.481 e. The Bertz CT molecular complexity index is 471. The first-order valence-corrected chi connectivity index (χ1v) is 8.14. The first-order valence-electron chi connectivity index (χ1n) is 6.53. The highest BCUT2D eigenvalue weighted by molar-refractivity contribution is 7.53. The van der Waals surface area contributed by atoms with E-state index in [4.69, 9.17) is 9.84 Å². The third-order valence-corrected chi connectivity index (χ3v) is 6.14. The van der Waals surface area contributed by atoms with Gasteiger partial charge >= 0.3 is 19.5 Å². The Morgan fingerprint density at radius 2 is 1.62 bits per heavy atom. The molecule has 0 aliphatic heterocycles. The molecule has 0 atom stereocenters. The van der Waals surface area contributed by atoms with Crippen LogP contribution in [0.1, 0.15) is 47.0 Å². The van der Waals surface area contributed by atoms with Crippen LogP contribution in [-0.4, -0.2) is 37.6 Å². The van der Waals surface area contributed by atoms with E-state index < -0.39 is 36.7 Å². The number of ether oxygens (including phenoxy) is 1. The molecule has 0 aromatic rings. The Labute approximate surface area is 124 Å². The first kappa shape index (κ1) is 19.8. The fourth-order valence-corrected chi connectivity index (χ4v) is 4.09. The Morgan fingerprint density at radius 1 is 1.19 bits per heavy atom. The van der Waals surface area contributed by atoms with Crippen molar-refractivity contribution < 1.29 is 33.8 Å². The monoisotopic (exact) mass is 322 g/mol. The molecule has 0 spiro atoms. The van der Waals surface area contributed by atoms with E-state index >= 15 is 0 Å². The van der Waals surface area contributed by atoms with Crippen LogP contribution in [0.15, 0.2) is 12.2 Å². The van der Waals surface area contributed by atoms with E-state index in [0.717, 1.165) is 0 Å². The summed E-state index contributed by atoms with van der Waals surface area (Å²) in [5.41, 5.74) is -1.75. The van der Waals surface area contributed by atoms with E-state index in [1.807, 2.05) is 0 Å². The van der Waals surface area contributed by atoms with Crippen LogP contribution in [0.4, 0.5) is 0 Å². The number of rotatable bonds is 8. The van der Waals surface area contributed by atoms with Crippen molar-refractivity contribution in [3.8, 4) is 0 Å². The summed E-state index contributed by atoms with van der Waals surface area (Å²) in [6.07, 6.45) is -0.394. The lowest BCUT2D eigenvalue weighted by atomic mass is 9.85. The molecule has 0 bridgehead atoms. The number of aliphatic carboxylic acids is 1. The Balaban J connectivity index is 5.45. The molecule has 0 fully saturated rings. The average molecular weight is 322 g/mol. The summed E-state index contributed by atoms with van der Waals surface area (Å²) in [4.78, 5) is 41.7. The van der Waals surface area contributed by atoms with Crippen LogP contribution < -0.4 is 0 Å². The second kappa shape index (κ2) is 6.73. The van der Waals surface area contributed by atoms with Crippen molar-refractivity contribution in [2.75, 3.05) is 0 Å². The van der Waals surface area contributed by atoms with Gasteiger partial charge in [-0.2, -0.15) is 0 Å². The smallest absolute Gasteiger partial charge is 0.335 e. The van der Waals surface area contributed by atoms with Gasteiger partial charge in [-0.15, -0.1) is 0 Å². The Morgan fingerprint density at radius 3 is 1.90 bits per heavy atom. The van der Waals surface area contributed by atoms with Crippen molar-refractivity contribution >= 4 is 19.5 Å². The molecule has 0 aromatic heterocycles. The second-order valence-electron chi connectivity index (χ2n) is 5.36. The highest BCUT2D eigenvalue weighted by atomic mass is 31.2. The van der Waals surface area contributed by atoms with Gasteiger partial charge in [-0.25, -0.2) is 4.79 Å². The fraction of sp³-hybridized carbons (Fsp3) is 0.692. The maximum Gasteiger partial charge on any atom is 0.335 e. The summed E-state index contributed by atoms with van der Waals surface area (Å²) >= 11 is 0. The number of carboxylic acids is 1. The van der Waals surface area contributed by atoms with Gasteiger partial charge in [0.1, 0.15) is 10.8 Å². The van der Waals surface area contributed by atoms with Crippen LogP contribution >= 0.6 is 7.60 Å². The summed E-state index contributed by atoms with van der Waals surface area (Å²) in [6.45, 7) is 9.34. The minimum atomic E-state index is -4.57. The van der Waals surface area contributed by atoms with Crippen LogP contribution in [0.3, 0.4) is 0 Å². The predicted molar refractivity (Wildman–Crippen MR) is 76.9 cm³/mol. The van der Waals surface area contributed by atoms with Gasteiger partial charge in [0.05, 0.1) is 6.42 Å². The van der Waals surface area contributed by atoms with Crippen molar-refractivity contribution in [3.63, 3.8) is 0 Å². The van der Waals surface area contributed by atoms with Gasteiger partial charge < -0.3 is 19.6 Å². The van der Waals surface area contributed by atoms with Gasteiger partial charge in [-0.05, 0) is 26.7 Å². The molecule has 0 aliphatic carbocycles. The molecule has 122 valence electrons.